The van der Waals surface area contributed by atoms with Crippen LogP contribution in [-0.4, -0.2) is 20.4 Å². The van der Waals surface area contributed by atoms with Crippen molar-refractivity contribution in [1.29, 1.82) is 0 Å². The molecule has 1 N–H and O–H groups in total. The van der Waals surface area contributed by atoms with Crippen LogP contribution in [0.3, 0.4) is 0 Å². The van der Waals surface area contributed by atoms with Gasteiger partial charge in [-0.05, 0) is 91.1 Å². The molecule has 9 heteroatoms. The van der Waals surface area contributed by atoms with Gasteiger partial charge in [0.1, 0.15) is 0 Å². The molecule has 0 spiro atoms. The molecule has 0 radical (unpaired) electrons. The molecule has 0 saturated carbocycles. The number of alkyl halides is 3. The quantitative estimate of drug-likeness (QED) is 0.271. The second-order valence-electron chi connectivity index (χ2n) is 9.57. The normalized spacial score (nSPS) is 11.5. The van der Waals surface area contributed by atoms with E-state index in [1.165, 1.54) is 12.1 Å². The average Bonchev–Trinajstić information content (AvgIpc) is 2.95. The predicted molar refractivity (Wildman–Crippen MR) is 148 cm³/mol. The summed E-state index contributed by atoms with van der Waals surface area (Å²) in [7, 11) is 1.70. The summed E-state index contributed by atoms with van der Waals surface area (Å²) in [5.41, 5.74) is 3.70. The number of hydrogen-bond donors (Lipinski definition) is 1. The minimum absolute atomic E-state index is 0.121. The zero-order chi connectivity index (χ0) is 28.4. The van der Waals surface area contributed by atoms with Crippen molar-refractivity contribution in [1.82, 2.24) is 14.5 Å². The summed E-state index contributed by atoms with van der Waals surface area (Å²) < 4.78 is 40.8. The van der Waals surface area contributed by atoms with Crippen LogP contribution in [0.1, 0.15) is 32.7 Å². The van der Waals surface area contributed by atoms with Gasteiger partial charge >= 0.3 is 6.18 Å². The molecule has 40 heavy (non-hydrogen) atoms. The largest absolute Gasteiger partial charge is 0.416 e. The monoisotopic (exact) mass is 542 g/mol. The number of carbonyl (C=O) groups excluding carboxylic acids is 1. The van der Waals surface area contributed by atoms with Crippen LogP contribution in [0, 0.1) is 6.92 Å². The van der Waals surface area contributed by atoms with Crippen molar-refractivity contribution in [2.45, 2.75) is 25.9 Å². The van der Waals surface area contributed by atoms with Crippen molar-refractivity contribution in [3.63, 3.8) is 0 Å². The molecule has 0 aliphatic carbocycles. The molecule has 1 amide bonds. The maximum atomic E-state index is 13.5. The number of benzene rings is 2. The van der Waals surface area contributed by atoms with Gasteiger partial charge < -0.3 is 9.88 Å². The molecular formula is C31H25F3N4O2. The lowest BCUT2D eigenvalue weighted by atomic mass is 9.99. The minimum atomic E-state index is -4.56. The molecule has 0 aliphatic heterocycles. The molecule has 5 aromatic rings. The number of nitrogens with zero attached hydrogens (tertiary/aromatic N) is 3. The Balaban J connectivity index is 1.44. The lowest BCUT2D eigenvalue weighted by molar-refractivity contribution is -0.137. The molecule has 6 nitrogen and oxygen atoms in total. The van der Waals surface area contributed by atoms with Gasteiger partial charge in [0.15, 0.2) is 0 Å². The molecule has 0 atom stereocenters. The number of nitrogens with one attached hydrogen (secondary N) is 1. The Bertz CT molecular complexity index is 1780. The van der Waals surface area contributed by atoms with Crippen molar-refractivity contribution in [2.75, 3.05) is 5.32 Å². The molecule has 0 fully saturated rings. The van der Waals surface area contributed by atoms with Crippen LogP contribution in [0.15, 0.2) is 90.1 Å². The van der Waals surface area contributed by atoms with Crippen LogP contribution in [0.2, 0.25) is 0 Å². The van der Waals surface area contributed by atoms with E-state index in [4.69, 9.17) is 0 Å². The first-order valence-corrected chi connectivity index (χ1v) is 12.6. The van der Waals surface area contributed by atoms with E-state index in [2.05, 4.69) is 15.3 Å². The number of rotatable bonds is 6. The fourth-order valence-electron chi connectivity index (χ4n) is 4.59. The summed E-state index contributed by atoms with van der Waals surface area (Å²) in [5.74, 6) is -0.684. The van der Waals surface area contributed by atoms with E-state index in [-0.39, 0.29) is 11.1 Å². The molecule has 0 aliphatic rings. The summed E-state index contributed by atoms with van der Waals surface area (Å²) >= 11 is 0. The molecule has 0 unspecified atom stereocenters. The maximum Gasteiger partial charge on any atom is 0.416 e. The van der Waals surface area contributed by atoms with Gasteiger partial charge in [-0.1, -0.05) is 12.1 Å². The topological polar surface area (TPSA) is 76.9 Å². The number of aromatic nitrogens is 3. The number of amides is 1. The van der Waals surface area contributed by atoms with Crippen molar-refractivity contribution < 1.29 is 18.0 Å². The fourth-order valence-corrected chi connectivity index (χ4v) is 4.59. The van der Waals surface area contributed by atoms with Gasteiger partial charge in [0.05, 0.1) is 11.1 Å². The van der Waals surface area contributed by atoms with Crippen molar-refractivity contribution in [3.8, 4) is 11.1 Å². The van der Waals surface area contributed by atoms with Gasteiger partial charge in [-0.3, -0.25) is 19.6 Å². The SMILES string of the molecule is Cc1ccc(NC(=O)c2cccc(C(F)(F)F)c2)cc1-c1cc2cnc(CCc3ccncc3)cc2n(C)c1=O. The Labute approximate surface area is 228 Å². The predicted octanol–water partition coefficient (Wildman–Crippen LogP) is 6.36. The molecule has 2 aromatic carbocycles. The zero-order valence-electron chi connectivity index (χ0n) is 21.8. The molecule has 3 aromatic heterocycles. The summed E-state index contributed by atoms with van der Waals surface area (Å²) in [6.07, 6.45) is 2.20. The van der Waals surface area contributed by atoms with E-state index >= 15 is 0 Å². The van der Waals surface area contributed by atoms with E-state index in [0.717, 1.165) is 46.3 Å². The summed E-state index contributed by atoms with van der Waals surface area (Å²) in [6, 6.07) is 16.9. The number of carbonyl (C=O) groups is 1. The summed E-state index contributed by atoms with van der Waals surface area (Å²) in [6.45, 7) is 1.85. The van der Waals surface area contributed by atoms with Gasteiger partial charge in [-0.2, -0.15) is 13.2 Å². The Morgan fingerprint density at radius 2 is 1.73 bits per heavy atom. The van der Waals surface area contributed by atoms with E-state index in [1.54, 1.807) is 54.5 Å². The summed E-state index contributed by atoms with van der Waals surface area (Å²) in [4.78, 5) is 34.8. The van der Waals surface area contributed by atoms with Gasteiger partial charge in [0, 0.05) is 53.5 Å². The molecule has 0 bridgehead atoms. The zero-order valence-corrected chi connectivity index (χ0v) is 21.8. The van der Waals surface area contributed by atoms with Crippen molar-refractivity contribution >= 4 is 22.5 Å². The van der Waals surface area contributed by atoms with Crippen LogP contribution in [0.25, 0.3) is 22.0 Å². The molecule has 202 valence electrons. The second kappa shape index (κ2) is 10.8. The van der Waals surface area contributed by atoms with Gasteiger partial charge in [-0.25, -0.2) is 0 Å². The fraction of sp³-hybridized carbons (Fsp3) is 0.161. The van der Waals surface area contributed by atoms with Crippen molar-refractivity contribution in [3.05, 3.63) is 124 Å². The van der Waals surface area contributed by atoms with Gasteiger partial charge in [-0.15, -0.1) is 0 Å². The third-order valence-electron chi connectivity index (χ3n) is 6.82. The number of halogens is 3. The van der Waals surface area contributed by atoms with E-state index < -0.39 is 17.6 Å². The molecule has 3 heterocycles. The third-order valence-corrected chi connectivity index (χ3v) is 6.82. The van der Waals surface area contributed by atoms with Crippen LogP contribution >= 0.6 is 0 Å². The number of fused-ring (bicyclic) bond motifs is 1. The highest BCUT2D eigenvalue weighted by Gasteiger charge is 2.31. The Hall–Kier alpha value is -4.79. The lowest BCUT2D eigenvalue weighted by Gasteiger charge is -2.14. The van der Waals surface area contributed by atoms with Crippen LogP contribution in [-0.2, 0) is 26.1 Å². The Morgan fingerprint density at radius 1 is 0.950 bits per heavy atom. The Kier molecular flexibility index (Phi) is 7.21. The maximum absolute atomic E-state index is 13.5. The first-order chi connectivity index (χ1) is 19.1. The smallest absolute Gasteiger partial charge is 0.322 e. The van der Waals surface area contributed by atoms with E-state index in [9.17, 15) is 22.8 Å². The van der Waals surface area contributed by atoms with Crippen LogP contribution < -0.4 is 10.9 Å². The van der Waals surface area contributed by atoms with E-state index in [0.29, 0.717) is 23.2 Å². The lowest BCUT2D eigenvalue weighted by Crippen LogP contribution is -2.20. The highest BCUT2D eigenvalue weighted by atomic mass is 19.4. The number of hydrogen-bond acceptors (Lipinski definition) is 4. The first kappa shape index (κ1) is 26.8. The molecule has 0 saturated heterocycles. The average molecular weight is 543 g/mol. The van der Waals surface area contributed by atoms with Crippen LogP contribution in [0.4, 0.5) is 18.9 Å². The Morgan fingerprint density at radius 3 is 2.48 bits per heavy atom. The number of pyridine rings is 3. The third kappa shape index (κ3) is 5.63. The number of aryl methyl sites for hydroxylation is 4. The van der Waals surface area contributed by atoms with Crippen molar-refractivity contribution in [2.24, 2.45) is 7.05 Å². The van der Waals surface area contributed by atoms with Crippen LogP contribution in [0.5, 0.6) is 0 Å². The van der Waals surface area contributed by atoms with E-state index in [1.807, 2.05) is 25.1 Å². The highest BCUT2D eigenvalue weighted by molar-refractivity contribution is 6.04. The minimum Gasteiger partial charge on any atom is -0.322 e. The molecule has 5 rings (SSSR count). The summed E-state index contributed by atoms with van der Waals surface area (Å²) in [5, 5.41) is 3.43. The number of anilines is 1. The molecular weight excluding hydrogens is 517 g/mol. The first-order valence-electron chi connectivity index (χ1n) is 12.6. The van der Waals surface area contributed by atoms with Gasteiger partial charge in [0.2, 0.25) is 0 Å². The van der Waals surface area contributed by atoms with Gasteiger partial charge in [0.25, 0.3) is 11.5 Å². The standard InChI is InChI=1S/C31H25F3N4O2/c1-19-6-8-25(37-29(39)21-4-3-5-23(14-21)31(32,33)34)16-26(19)27-15-22-18-36-24(17-28(22)38(2)30(27)40)9-7-20-10-12-35-13-11-20/h3-6,8,10-18H,7,9H2,1-2H3,(H,37,39). The highest BCUT2D eigenvalue weighted by Crippen LogP contribution is 2.30. The second-order valence-corrected chi connectivity index (χ2v) is 9.57.